The molecule has 0 aromatic carbocycles. The minimum Gasteiger partial charge on any atom is -0.350 e. The number of hydrogen-bond acceptors (Lipinski definition) is 3. The van der Waals surface area contributed by atoms with Crippen molar-refractivity contribution in [1.82, 2.24) is 10.3 Å². The molecular formula is C12H11BrN2OS. The molecule has 0 saturated carbocycles. The molecule has 0 fully saturated rings. The lowest BCUT2D eigenvalue weighted by Gasteiger charge is -2.03. The van der Waals surface area contributed by atoms with Gasteiger partial charge >= 0.3 is 0 Å². The zero-order valence-corrected chi connectivity index (χ0v) is 11.4. The number of aromatic nitrogens is 1. The van der Waals surface area contributed by atoms with E-state index in [0.29, 0.717) is 12.2 Å². The highest BCUT2D eigenvalue weighted by molar-refractivity contribution is 9.10. The van der Waals surface area contributed by atoms with Gasteiger partial charge in [-0.05, 0) is 45.9 Å². The van der Waals surface area contributed by atoms with Gasteiger partial charge in [0.15, 0.2) is 0 Å². The smallest absolute Gasteiger partial charge is 0.269 e. The minimum atomic E-state index is -0.131. The van der Waals surface area contributed by atoms with E-state index >= 15 is 0 Å². The van der Waals surface area contributed by atoms with Crippen LogP contribution in [0.5, 0.6) is 0 Å². The number of pyridine rings is 1. The molecule has 2 rings (SSSR count). The summed E-state index contributed by atoms with van der Waals surface area (Å²) >= 11 is 4.98. The molecule has 0 atom stereocenters. The van der Waals surface area contributed by atoms with E-state index in [0.717, 1.165) is 10.9 Å². The van der Waals surface area contributed by atoms with E-state index in [1.54, 1.807) is 29.7 Å². The molecule has 0 radical (unpaired) electrons. The van der Waals surface area contributed by atoms with E-state index in [1.165, 1.54) is 4.88 Å². The first-order valence-corrected chi connectivity index (χ1v) is 6.85. The Morgan fingerprint density at radius 1 is 1.41 bits per heavy atom. The Hall–Kier alpha value is -1.20. The van der Waals surface area contributed by atoms with Crippen LogP contribution in [0.15, 0.2) is 40.3 Å². The average Bonchev–Trinajstić information content (AvgIpc) is 2.83. The van der Waals surface area contributed by atoms with E-state index in [1.807, 2.05) is 11.4 Å². The number of rotatable bonds is 4. The third-order valence-electron chi connectivity index (χ3n) is 2.20. The van der Waals surface area contributed by atoms with Crippen LogP contribution in [0.4, 0.5) is 0 Å². The Morgan fingerprint density at radius 3 is 2.94 bits per heavy atom. The Balaban J connectivity index is 1.83. The van der Waals surface area contributed by atoms with Crippen molar-refractivity contribution in [3.05, 3.63) is 50.9 Å². The van der Waals surface area contributed by atoms with Gasteiger partial charge in [0.25, 0.3) is 5.91 Å². The topological polar surface area (TPSA) is 42.0 Å². The van der Waals surface area contributed by atoms with Gasteiger partial charge in [-0.1, -0.05) is 6.07 Å². The van der Waals surface area contributed by atoms with Gasteiger partial charge in [0, 0.05) is 22.1 Å². The van der Waals surface area contributed by atoms with Crippen LogP contribution in [0.1, 0.15) is 15.4 Å². The molecule has 1 N–H and O–H groups in total. The molecule has 0 unspecified atom stereocenters. The molecular weight excluding hydrogens is 300 g/mol. The van der Waals surface area contributed by atoms with Gasteiger partial charge < -0.3 is 5.32 Å². The largest absolute Gasteiger partial charge is 0.350 e. The molecule has 2 aromatic heterocycles. The molecule has 17 heavy (non-hydrogen) atoms. The first-order chi connectivity index (χ1) is 8.25. The monoisotopic (exact) mass is 310 g/mol. The zero-order valence-electron chi connectivity index (χ0n) is 9.02. The lowest BCUT2D eigenvalue weighted by Crippen LogP contribution is -2.26. The lowest BCUT2D eigenvalue weighted by atomic mass is 10.3. The van der Waals surface area contributed by atoms with Crippen molar-refractivity contribution in [2.45, 2.75) is 6.42 Å². The predicted molar refractivity (Wildman–Crippen MR) is 72.3 cm³/mol. The van der Waals surface area contributed by atoms with Crippen molar-refractivity contribution >= 4 is 33.2 Å². The second-order valence-electron chi connectivity index (χ2n) is 3.45. The van der Waals surface area contributed by atoms with Crippen LogP contribution in [0, 0.1) is 0 Å². The average molecular weight is 311 g/mol. The Kier molecular flexibility index (Phi) is 4.28. The molecule has 0 saturated heterocycles. The number of halogens is 1. The summed E-state index contributed by atoms with van der Waals surface area (Å²) in [4.78, 5) is 17.0. The summed E-state index contributed by atoms with van der Waals surface area (Å²) in [7, 11) is 0. The summed E-state index contributed by atoms with van der Waals surface area (Å²) in [6.07, 6.45) is 2.48. The molecule has 0 aliphatic heterocycles. The number of carbonyl (C=O) groups excluding carboxylic acids is 1. The Bertz CT molecular complexity index is 482. The van der Waals surface area contributed by atoms with E-state index in [9.17, 15) is 4.79 Å². The number of nitrogens with one attached hydrogen (secondary N) is 1. The van der Waals surface area contributed by atoms with Gasteiger partial charge in [-0.25, -0.2) is 4.98 Å². The van der Waals surface area contributed by atoms with Crippen molar-refractivity contribution in [3.8, 4) is 0 Å². The van der Waals surface area contributed by atoms with Crippen LogP contribution in [-0.2, 0) is 6.42 Å². The van der Waals surface area contributed by atoms with Gasteiger partial charge in [-0.3, -0.25) is 4.79 Å². The summed E-state index contributed by atoms with van der Waals surface area (Å²) < 4.78 is 0.868. The molecule has 0 bridgehead atoms. The quantitative estimate of drug-likeness (QED) is 0.943. The zero-order chi connectivity index (χ0) is 12.1. The maximum atomic E-state index is 11.7. The number of carbonyl (C=O) groups is 1. The molecule has 2 aromatic rings. The first kappa shape index (κ1) is 12.3. The van der Waals surface area contributed by atoms with Gasteiger partial charge in [0.2, 0.25) is 0 Å². The second-order valence-corrected chi connectivity index (χ2v) is 5.39. The van der Waals surface area contributed by atoms with Crippen LogP contribution >= 0.6 is 27.3 Å². The van der Waals surface area contributed by atoms with E-state index in [-0.39, 0.29) is 5.91 Å². The third kappa shape index (κ3) is 3.64. The molecule has 88 valence electrons. The fourth-order valence-corrected chi connectivity index (χ4v) is 2.30. The first-order valence-electron chi connectivity index (χ1n) is 5.18. The summed E-state index contributed by atoms with van der Waals surface area (Å²) in [5, 5.41) is 4.88. The number of thiophene rings is 1. The minimum absolute atomic E-state index is 0.131. The number of hydrogen-bond donors (Lipinski definition) is 1. The van der Waals surface area contributed by atoms with Crippen molar-refractivity contribution in [1.29, 1.82) is 0 Å². The van der Waals surface area contributed by atoms with Gasteiger partial charge in [-0.15, -0.1) is 11.3 Å². The fraction of sp³-hybridized carbons (Fsp3) is 0.167. The normalized spacial score (nSPS) is 10.2. The van der Waals surface area contributed by atoms with Crippen LogP contribution in [0.2, 0.25) is 0 Å². The van der Waals surface area contributed by atoms with Crippen LogP contribution in [-0.4, -0.2) is 17.4 Å². The van der Waals surface area contributed by atoms with E-state index in [2.05, 4.69) is 32.3 Å². The van der Waals surface area contributed by atoms with Gasteiger partial charge in [-0.2, -0.15) is 0 Å². The SMILES string of the molecule is O=C(NCCc1cccs1)c1ccc(Br)cn1. The molecule has 1 amide bonds. The summed E-state index contributed by atoms with van der Waals surface area (Å²) in [5.41, 5.74) is 0.444. The molecule has 0 aliphatic rings. The van der Waals surface area contributed by atoms with Crippen molar-refractivity contribution in [3.63, 3.8) is 0 Å². The summed E-state index contributed by atoms with van der Waals surface area (Å²) in [6.45, 7) is 0.636. The van der Waals surface area contributed by atoms with Crippen molar-refractivity contribution in [2.75, 3.05) is 6.54 Å². The Labute approximate surface area is 112 Å². The van der Waals surface area contributed by atoms with Crippen LogP contribution < -0.4 is 5.32 Å². The fourth-order valence-electron chi connectivity index (χ4n) is 1.35. The molecule has 0 spiro atoms. The maximum absolute atomic E-state index is 11.7. The highest BCUT2D eigenvalue weighted by Crippen LogP contribution is 2.09. The Morgan fingerprint density at radius 2 is 2.29 bits per heavy atom. The van der Waals surface area contributed by atoms with Crippen molar-refractivity contribution < 1.29 is 4.79 Å². The van der Waals surface area contributed by atoms with Gasteiger partial charge in [0.05, 0.1) is 0 Å². The standard InChI is InChI=1S/C12H11BrN2OS/c13-9-3-4-11(15-8-9)12(16)14-6-5-10-2-1-7-17-10/h1-4,7-8H,5-6H2,(H,14,16). The maximum Gasteiger partial charge on any atom is 0.269 e. The molecule has 2 heterocycles. The van der Waals surface area contributed by atoms with Crippen LogP contribution in [0.25, 0.3) is 0 Å². The highest BCUT2D eigenvalue weighted by Gasteiger charge is 2.05. The van der Waals surface area contributed by atoms with E-state index < -0.39 is 0 Å². The summed E-state index contributed by atoms with van der Waals surface area (Å²) in [6, 6.07) is 7.58. The van der Waals surface area contributed by atoms with Crippen molar-refractivity contribution in [2.24, 2.45) is 0 Å². The number of amides is 1. The molecule has 0 aliphatic carbocycles. The molecule has 3 nitrogen and oxygen atoms in total. The van der Waals surface area contributed by atoms with E-state index in [4.69, 9.17) is 0 Å². The third-order valence-corrected chi connectivity index (χ3v) is 3.60. The number of nitrogens with zero attached hydrogens (tertiary/aromatic N) is 1. The second kappa shape index (κ2) is 5.93. The molecule has 5 heteroatoms. The highest BCUT2D eigenvalue weighted by atomic mass is 79.9. The predicted octanol–water partition coefficient (Wildman–Crippen LogP) is 2.88. The van der Waals surface area contributed by atoms with Crippen LogP contribution in [0.3, 0.4) is 0 Å². The lowest BCUT2D eigenvalue weighted by molar-refractivity contribution is 0.0949. The summed E-state index contributed by atoms with van der Waals surface area (Å²) in [5.74, 6) is -0.131. The van der Waals surface area contributed by atoms with Gasteiger partial charge in [0.1, 0.15) is 5.69 Å².